The molecule has 1 aliphatic heterocycles. The molecule has 2 aromatic carbocycles. The highest BCUT2D eigenvalue weighted by atomic mass is 16.5. The Balaban J connectivity index is 1.50. The number of rotatable bonds is 6. The number of nitrogens with zero attached hydrogens (tertiary/aromatic N) is 4. The molecule has 0 atom stereocenters. The van der Waals surface area contributed by atoms with Gasteiger partial charge in [0.25, 0.3) is 5.91 Å². The van der Waals surface area contributed by atoms with Crippen molar-refractivity contribution in [3.63, 3.8) is 0 Å². The molecule has 0 saturated carbocycles. The van der Waals surface area contributed by atoms with Crippen molar-refractivity contribution >= 4 is 17.9 Å². The van der Waals surface area contributed by atoms with Crippen molar-refractivity contribution in [1.29, 1.82) is 0 Å². The van der Waals surface area contributed by atoms with Gasteiger partial charge in [0, 0.05) is 32.4 Å². The number of ether oxygens (including phenoxy) is 2. The lowest BCUT2D eigenvalue weighted by Gasteiger charge is -2.33. The Labute approximate surface area is 183 Å². The highest BCUT2D eigenvalue weighted by molar-refractivity contribution is 5.95. The zero-order valence-electron chi connectivity index (χ0n) is 17.0. The predicted molar refractivity (Wildman–Crippen MR) is 115 cm³/mol. The van der Waals surface area contributed by atoms with Crippen LogP contribution >= 0.6 is 0 Å². The summed E-state index contributed by atoms with van der Waals surface area (Å²) in [6.07, 6.45) is 0.356. The molecule has 164 valence electrons. The summed E-state index contributed by atoms with van der Waals surface area (Å²) in [4.78, 5) is 34.7. The maximum absolute atomic E-state index is 11.8. The molecule has 0 radical (unpaired) electrons. The van der Waals surface area contributed by atoms with Crippen molar-refractivity contribution in [2.24, 2.45) is 5.73 Å². The van der Waals surface area contributed by atoms with Gasteiger partial charge in [0.2, 0.25) is 11.8 Å². The van der Waals surface area contributed by atoms with Crippen LogP contribution in [0.5, 0.6) is 23.1 Å². The zero-order chi connectivity index (χ0) is 22.5. The van der Waals surface area contributed by atoms with Crippen molar-refractivity contribution in [3.8, 4) is 23.1 Å². The van der Waals surface area contributed by atoms with Crippen molar-refractivity contribution in [1.82, 2.24) is 14.9 Å². The third-order valence-corrected chi connectivity index (χ3v) is 4.86. The number of carbonyl (C=O) groups is 2. The number of anilines is 1. The van der Waals surface area contributed by atoms with Crippen LogP contribution in [0.1, 0.15) is 10.4 Å². The molecule has 1 aliphatic rings. The second-order valence-corrected chi connectivity index (χ2v) is 7.00. The minimum atomic E-state index is -0.960. The summed E-state index contributed by atoms with van der Waals surface area (Å²) in [5.41, 5.74) is 5.50. The lowest BCUT2D eigenvalue weighted by atomic mass is 10.3. The first-order valence-corrected chi connectivity index (χ1v) is 9.90. The average Bonchev–Trinajstić information content (AvgIpc) is 2.81. The van der Waals surface area contributed by atoms with Crippen LogP contribution < -0.4 is 20.1 Å². The molecule has 0 bridgehead atoms. The first-order valence-electron chi connectivity index (χ1n) is 9.90. The van der Waals surface area contributed by atoms with Gasteiger partial charge in [-0.15, -0.1) is 0 Å². The normalized spacial score (nSPS) is 13.5. The quantitative estimate of drug-likeness (QED) is 0.604. The van der Waals surface area contributed by atoms with Crippen LogP contribution in [0.2, 0.25) is 0 Å². The fourth-order valence-corrected chi connectivity index (χ4v) is 3.17. The molecule has 2 amide bonds. The number of hydrogen-bond acceptors (Lipinski definition) is 7. The fourth-order valence-electron chi connectivity index (χ4n) is 3.17. The molecule has 0 unspecified atom stereocenters. The van der Waals surface area contributed by atoms with Gasteiger partial charge < -0.3 is 30.1 Å². The monoisotopic (exact) mass is 435 g/mol. The van der Waals surface area contributed by atoms with Gasteiger partial charge in [0.1, 0.15) is 22.8 Å². The van der Waals surface area contributed by atoms with E-state index in [1.807, 2.05) is 35.2 Å². The number of piperazine rings is 1. The third-order valence-electron chi connectivity index (χ3n) is 4.86. The van der Waals surface area contributed by atoms with E-state index in [2.05, 4.69) is 9.97 Å². The molecular weight excluding hydrogens is 414 g/mol. The van der Waals surface area contributed by atoms with E-state index in [0.29, 0.717) is 49.4 Å². The van der Waals surface area contributed by atoms with Gasteiger partial charge in [-0.25, -0.2) is 9.78 Å². The van der Waals surface area contributed by atoms with Gasteiger partial charge in [0.05, 0.1) is 0 Å². The molecule has 2 heterocycles. The molecule has 10 heteroatoms. The fraction of sp³-hybridized carbons (Fsp3) is 0.182. The Bertz CT molecular complexity index is 1100. The molecule has 0 aliphatic carbocycles. The van der Waals surface area contributed by atoms with Crippen LogP contribution in [0.4, 0.5) is 10.7 Å². The molecule has 0 spiro atoms. The summed E-state index contributed by atoms with van der Waals surface area (Å²) < 4.78 is 11.6. The molecule has 32 heavy (non-hydrogen) atoms. The van der Waals surface area contributed by atoms with Crippen molar-refractivity contribution in [2.75, 3.05) is 31.1 Å². The van der Waals surface area contributed by atoms with E-state index in [0.717, 1.165) is 0 Å². The van der Waals surface area contributed by atoms with E-state index in [-0.39, 0.29) is 11.4 Å². The number of amides is 2. The number of carboxylic acid groups (broad SMARTS) is 1. The molecule has 1 fully saturated rings. The number of carbonyl (C=O) groups excluding carboxylic acids is 1. The first-order chi connectivity index (χ1) is 15.5. The van der Waals surface area contributed by atoms with Crippen molar-refractivity contribution in [2.45, 2.75) is 0 Å². The average molecular weight is 435 g/mol. The molecule has 3 aromatic rings. The number of aromatic nitrogens is 2. The SMILES string of the molecule is NC(=O)c1cnc(N2CCN(C(=O)O)CC2)nc1Oc1ccc(Oc2ccccc2)cc1. The largest absolute Gasteiger partial charge is 0.465 e. The van der Waals surface area contributed by atoms with Gasteiger partial charge in [-0.2, -0.15) is 4.98 Å². The number of nitrogens with two attached hydrogens (primary N) is 1. The summed E-state index contributed by atoms with van der Waals surface area (Å²) >= 11 is 0. The Morgan fingerprint density at radius 2 is 1.47 bits per heavy atom. The van der Waals surface area contributed by atoms with Crippen molar-refractivity contribution < 1.29 is 24.2 Å². The predicted octanol–water partition coefficient (Wildman–Crippen LogP) is 2.96. The standard InChI is InChI=1S/C22H21N5O5/c23-19(28)18-14-24-21(26-10-12-27(13-11-26)22(29)30)25-20(18)32-17-8-6-16(7-9-17)31-15-4-2-1-3-5-15/h1-9,14H,10-13H2,(H2,23,28)(H,29,30). The highest BCUT2D eigenvalue weighted by Crippen LogP contribution is 2.28. The van der Waals surface area contributed by atoms with E-state index >= 15 is 0 Å². The van der Waals surface area contributed by atoms with E-state index < -0.39 is 12.0 Å². The molecule has 4 rings (SSSR count). The number of hydrogen-bond donors (Lipinski definition) is 2. The van der Waals surface area contributed by atoms with Gasteiger partial charge in [-0.1, -0.05) is 18.2 Å². The van der Waals surface area contributed by atoms with Gasteiger partial charge >= 0.3 is 6.09 Å². The Hall–Kier alpha value is -4.34. The minimum absolute atomic E-state index is 0.0277. The smallest absolute Gasteiger partial charge is 0.407 e. The number of primary amides is 1. The van der Waals surface area contributed by atoms with Crippen LogP contribution in [0.25, 0.3) is 0 Å². The van der Waals surface area contributed by atoms with Crippen molar-refractivity contribution in [3.05, 3.63) is 66.4 Å². The number of para-hydroxylation sites is 1. The van der Waals surface area contributed by atoms with Crippen LogP contribution in [-0.4, -0.2) is 58.2 Å². The summed E-state index contributed by atoms with van der Waals surface area (Å²) in [7, 11) is 0. The summed E-state index contributed by atoms with van der Waals surface area (Å²) in [6.45, 7) is 1.50. The Morgan fingerprint density at radius 3 is 2.06 bits per heavy atom. The van der Waals surface area contributed by atoms with E-state index in [1.165, 1.54) is 11.1 Å². The van der Waals surface area contributed by atoms with Gasteiger partial charge in [-0.05, 0) is 36.4 Å². The number of benzene rings is 2. The highest BCUT2D eigenvalue weighted by Gasteiger charge is 2.24. The maximum Gasteiger partial charge on any atom is 0.407 e. The van der Waals surface area contributed by atoms with E-state index in [9.17, 15) is 9.59 Å². The van der Waals surface area contributed by atoms with Crippen LogP contribution in [0, 0.1) is 0 Å². The summed E-state index contributed by atoms with van der Waals surface area (Å²) in [5, 5.41) is 9.10. The third kappa shape index (κ3) is 4.86. The van der Waals surface area contributed by atoms with Gasteiger partial charge in [-0.3, -0.25) is 4.79 Å². The summed E-state index contributed by atoms with van der Waals surface area (Å²) in [5.74, 6) is 1.41. The second kappa shape index (κ2) is 9.21. The second-order valence-electron chi connectivity index (χ2n) is 7.00. The van der Waals surface area contributed by atoms with Gasteiger partial charge in [0.15, 0.2) is 0 Å². The summed E-state index contributed by atoms with van der Waals surface area (Å²) in [6, 6.07) is 16.2. The zero-order valence-corrected chi connectivity index (χ0v) is 17.0. The molecular formula is C22H21N5O5. The lowest BCUT2D eigenvalue weighted by Crippen LogP contribution is -2.48. The molecule has 1 saturated heterocycles. The topological polar surface area (TPSA) is 131 Å². The maximum atomic E-state index is 11.8. The van der Waals surface area contributed by atoms with E-state index in [4.69, 9.17) is 20.3 Å². The van der Waals surface area contributed by atoms with Crippen LogP contribution in [0.3, 0.4) is 0 Å². The Kier molecular flexibility index (Phi) is 6.02. The molecule has 10 nitrogen and oxygen atoms in total. The van der Waals surface area contributed by atoms with E-state index in [1.54, 1.807) is 24.3 Å². The van der Waals surface area contributed by atoms with Crippen LogP contribution in [0.15, 0.2) is 60.8 Å². The minimum Gasteiger partial charge on any atom is -0.465 e. The molecule has 1 aromatic heterocycles. The Morgan fingerprint density at radius 1 is 0.875 bits per heavy atom. The first kappa shape index (κ1) is 20.9. The molecule has 3 N–H and O–H groups in total. The lowest BCUT2D eigenvalue weighted by molar-refractivity contribution is 0.0996. The van der Waals surface area contributed by atoms with Crippen LogP contribution in [-0.2, 0) is 0 Å².